The van der Waals surface area contributed by atoms with Crippen LogP contribution in [0.2, 0.25) is 0 Å². The fourth-order valence-corrected chi connectivity index (χ4v) is 3.60. The van der Waals surface area contributed by atoms with E-state index in [1.54, 1.807) is 0 Å². The van der Waals surface area contributed by atoms with Crippen LogP contribution in [0.4, 0.5) is 0 Å². The van der Waals surface area contributed by atoms with Gasteiger partial charge in [0, 0.05) is 23.1 Å². The molecule has 1 unspecified atom stereocenters. The summed E-state index contributed by atoms with van der Waals surface area (Å²) in [4.78, 5) is 1.44. The molecule has 0 radical (unpaired) electrons. The van der Waals surface area contributed by atoms with E-state index in [9.17, 15) is 0 Å². The van der Waals surface area contributed by atoms with Crippen LogP contribution >= 0.6 is 11.8 Å². The SMILES string of the molecule is Cc1ccc(CNCC2CSc3ccccc32)o1. The van der Waals surface area contributed by atoms with Gasteiger partial charge >= 0.3 is 0 Å². The van der Waals surface area contributed by atoms with E-state index < -0.39 is 0 Å². The largest absolute Gasteiger partial charge is 0.465 e. The highest BCUT2D eigenvalue weighted by Crippen LogP contribution is 2.38. The summed E-state index contributed by atoms with van der Waals surface area (Å²) in [7, 11) is 0. The summed E-state index contributed by atoms with van der Waals surface area (Å²) in [5, 5.41) is 3.49. The molecule has 0 saturated heterocycles. The van der Waals surface area contributed by atoms with Crippen molar-refractivity contribution in [2.45, 2.75) is 24.3 Å². The zero-order valence-corrected chi connectivity index (χ0v) is 11.3. The molecule has 2 aromatic rings. The van der Waals surface area contributed by atoms with Crippen LogP contribution in [-0.2, 0) is 6.54 Å². The lowest BCUT2D eigenvalue weighted by molar-refractivity contribution is 0.458. The van der Waals surface area contributed by atoms with Crippen LogP contribution in [0.5, 0.6) is 0 Å². The van der Waals surface area contributed by atoms with Crippen molar-refractivity contribution < 1.29 is 4.42 Å². The third-order valence-electron chi connectivity index (χ3n) is 3.28. The topological polar surface area (TPSA) is 25.2 Å². The van der Waals surface area contributed by atoms with E-state index in [1.165, 1.54) is 16.2 Å². The number of nitrogens with one attached hydrogen (secondary N) is 1. The first-order valence-electron chi connectivity index (χ1n) is 6.30. The number of fused-ring (bicyclic) bond motifs is 1. The highest BCUT2D eigenvalue weighted by molar-refractivity contribution is 7.99. The molecule has 0 saturated carbocycles. The molecule has 0 bridgehead atoms. The molecule has 0 spiro atoms. The van der Waals surface area contributed by atoms with E-state index >= 15 is 0 Å². The maximum absolute atomic E-state index is 5.55. The molecule has 1 aromatic heterocycles. The van der Waals surface area contributed by atoms with Crippen molar-refractivity contribution in [1.82, 2.24) is 5.32 Å². The van der Waals surface area contributed by atoms with Gasteiger partial charge in [-0.2, -0.15) is 0 Å². The van der Waals surface area contributed by atoms with Crippen molar-refractivity contribution in [2.75, 3.05) is 12.3 Å². The molecular formula is C15H17NOS. The average Bonchev–Trinajstić information content (AvgIpc) is 2.97. The van der Waals surface area contributed by atoms with Crippen LogP contribution < -0.4 is 5.32 Å². The van der Waals surface area contributed by atoms with Gasteiger partial charge in [0.15, 0.2) is 0 Å². The lowest BCUT2D eigenvalue weighted by Crippen LogP contribution is -2.20. The number of hydrogen-bond acceptors (Lipinski definition) is 3. The number of thioether (sulfide) groups is 1. The van der Waals surface area contributed by atoms with Gasteiger partial charge in [-0.3, -0.25) is 0 Å². The highest BCUT2D eigenvalue weighted by Gasteiger charge is 2.21. The van der Waals surface area contributed by atoms with Crippen molar-refractivity contribution in [3.05, 3.63) is 53.5 Å². The van der Waals surface area contributed by atoms with Crippen LogP contribution in [0.3, 0.4) is 0 Å². The number of hydrogen-bond donors (Lipinski definition) is 1. The second-order valence-corrected chi connectivity index (χ2v) is 5.75. The first-order chi connectivity index (χ1) is 8.83. The smallest absolute Gasteiger partial charge is 0.117 e. The Hall–Kier alpha value is -1.19. The van der Waals surface area contributed by atoms with E-state index in [-0.39, 0.29) is 0 Å². The van der Waals surface area contributed by atoms with Gasteiger partial charge < -0.3 is 9.73 Å². The Morgan fingerprint density at radius 2 is 2.17 bits per heavy atom. The quantitative estimate of drug-likeness (QED) is 0.908. The van der Waals surface area contributed by atoms with E-state index in [0.29, 0.717) is 5.92 Å². The van der Waals surface area contributed by atoms with E-state index in [0.717, 1.165) is 24.6 Å². The van der Waals surface area contributed by atoms with Crippen LogP contribution in [0, 0.1) is 6.92 Å². The predicted octanol–water partition coefficient (Wildman–Crippen LogP) is 3.57. The standard InChI is InChI=1S/C15H17NOS/c1-11-6-7-13(17-11)9-16-8-12-10-18-15-5-3-2-4-14(12)15/h2-7,12,16H,8-10H2,1H3. The maximum Gasteiger partial charge on any atom is 0.117 e. The molecule has 0 amide bonds. The number of aryl methyl sites for hydroxylation is 1. The van der Waals surface area contributed by atoms with Crippen molar-refractivity contribution in [3.63, 3.8) is 0 Å². The minimum Gasteiger partial charge on any atom is -0.465 e. The Balaban J connectivity index is 1.56. The lowest BCUT2D eigenvalue weighted by atomic mass is 10.0. The normalized spacial score (nSPS) is 17.9. The van der Waals surface area contributed by atoms with E-state index in [4.69, 9.17) is 4.42 Å². The second-order valence-electron chi connectivity index (χ2n) is 4.69. The minimum absolute atomic E-state index is 0.627. The summed E-state index contributed by atoms with van der Waals surface area (Å²) in [6, 6.07) is 12.8. The molecule has 3 heteroatoms. The molecule has 1 aliphatic rings. The molecule has 1 N–H and O–H groups in total. The molecule has 0 aliphatic carbocycles. The van der Waals surface area contributed by atoms with Gasteiger partial charge in [-0.05, 0) is 30.7 Å². The lowest BCUT2D eigenvalue weighted by Gasteiger charge is -2.11. The molecule has 3 rings (SSSR count). The van der Waals surface area contributed by atoms with Gasteiger partial charge in [0.05, 0.1) is 6.54 Å². The molecule has 2 heterocycles. The van der Waals surface area contributed by atoms with E-state index in [2.05, 4.69) is 29.6 Å². The third-order valence-corrected chi connectivity index (χ3v) is 4.54. The number of rotatable bonds is 4. The van der Waals surface area contributed by atoms with Crippen LogP contribution in [-0.4, -0.2) is 12.3 Å². The average molecular weight is 259 g/mol. The van der Waals surface area contributed by atoms with Crippen molar-refractivity contribution in [3.8, 4) is 0 Å². The molecule has 94 valence electrons. The van der Waals surface area contributed by atoms with Gasteiger partial charge in [0.2, 0.25) is 0 Å². The Labute approximate surface area is 112 Å². The first kappa shape index (κ1) is 11.9. The summed E-state index contributed by atoms with van der Waals surface area (Å²) < 4.78 is 5.55. The second kappa shape index (κ2) is 5.21. The number of furan rings is 1. The van der Waals surface area contributed by atoms with Gasteiger partial charge in [0.1, 0.15) is 11.5 Å². The zero-order valence-electron chi connectivity index (χ0n) is 10.5. The summed E-state index contributed by atoms with van der Waals surface area (Å²) in [5.41, 5.74) is 1.49. The molecule has 18 heavy (non-hydrogen) atoms. The van der Waals surface area contributed by atoms with E-state index in [1.807, 2.05) is 30.8 Å². The Morgan fingerprint density at radius 3 is 3.00 bits per heavy atom. The van der Waals surface area contributed by atoms with Gasteiger partial charge in [-0.15, -0.1) is 11.8 Å². The molecule has 1 aliphatic heterocycles. The summed E-state index contributed by atoms with van der Waals surface area (Å²) in [6.45, 7) is 3.81. The molecular weight excluding hydrogens is 242 g/mol. The molecule has 0 fully saturated rings. The zero-order chi connectivity index (χ0) is 12.4. The summed E-state index contributed by atoms with van der Waals surface area (Å²) in [5.74, 6) is 3.81. The van der Waals surface area contributed by atoms with Crippen LogP contribution in [0.15, 0.2) is 45.7 Å². The highest BCUT2D eigenvalue weighted by atomic mass is 32.2. The fourth-order valence-electron chi connectivity index (χ4n) is 2.35. The Bertz CT molecular complexity index is 535. The van der Waals surface area contributed by atoms with Gasteiger partial charge in [0.25, 0.3) is 0 Å². The fraction of sp³-hybridized carbons (Fsp3) is 0.333. The molecule has 1 aromatic carbocycles. The Kier molecular flexibility index (Phi) is 3.43. The third kappa shape index (κ3) is 2.47. The van der Waals surface area contributed by atoms with Crippen molar-refractivity contribution in [2.24, 2.45) is 0 Å². The summed E-state index contributed by atoms with van der Waals surface area (Å²) >= 11 is 1.96. The minimum atomic E-state index is 0.627. The molecule has 1 atom stereocenters. The van der Waals surface area contributed by atoms with Crippen LogP contribution in [0.1, 0.15) is 23.0 Å². The first-order valence-corrected chi connectivity index (χ1v) is 7.29. The summed E-state index contributed by atoms with van der Waals surface area (Å²) in [6.07, 6.45) is 0. The van der Waals surface area contributed by atoms with Crippen LogP contribution in [0.25, 0.3) is 0 Å². The Morgan fingerprint density at radius 1 is 1.28 bits per heavy atom. The van der Waals surface area contributed by atoms with Gasteiger partial charge in [-0.1, -0.05) is 18.2 Å². The number of benzene rings is 1. The monoisotopic (exact) mass is 259 g/mol. The van der Waals surface area contributed by atoms with Crippen molar-refractivity contribution >= 4 is 11.8 Å². The maximum atomic E-state index is 5.55. The molecule has 2 nitrogen and oxygen atoms in total. The van der Waals surface area contributed by atoms with Gasteiger partial charge in [-0.25, -0.2) is 0 Å². The predicted molar refractivity (Wildman–Crippen MR) is 75.1 cm³/mol. The van der Waals surface area contributed by atoms with Crippen molar-refractivity contribution in [1.29, 1.82) is 0 Å².